The van der Waals surface area contributed by atoms with Crippen molar-refractivity contribution in [2.75, 3.05) is 32.2 Å². The molecule has 6 heteroatoms. The fourth-order valence-electron chi connectivity index (χ4n) is 3.69. The lowest BCUT2D eigenvalue weighted by Crippen LogP contribution is -2.36. The second kappa shape index (κ2) is 8.84. The molecular formula is C21H28N2O4. The summed E-state index contributed by atoms with van der Waals surface area (Å²) in [6, 6.07) is 7.95. The summed E-state index contributed by atoms with van der Waals surface area (Å²) in [4.78, 5) is 31.6. The number of carbonyl (C=O) groups is 2. The molecule has 6 nitrogen and oxygen atoms in total. The molecule has 0 saturated carbocycles. The first-order valence-corrected chi connectivity index (χ1v) is 9.16. The zero-order valence-electron chi connectivity index (χ0n) is 16.9. The number of nitrogens with zero attached hydrogens (tertiary/aromatic N) is 2. The normalized spacial score (nSPS) is 19.4. The van der Waals surface area contributed by atoms with Gasteiger partial charge in [-0.3, -0.25) is 9.79 Å². The highest BCUT2D eigenvalue weighted by Crippen LogP contribution is 2.40. The number of allylic oxidation sites excluding steroid dienone is 1. The highest BCUT2D eigenvalue weighted by Gasteiger charge is 2.42. The van der Waals surface area contributed by atoms with Gasteiger partial charge in [0.15, 0.2) is 0 Å². The van der Waals surface area contributed by atoms with Crippen LogP contribution >= 0.6 is 0 Å². The standard InChI is InChI=1S/C21H28N2O4/c1-7-23(8-2)16-11-9-15(10-12-16)19-17(20(24)26-5)13(3)22-14(4)18(19)21(25)27-6/h9-12,17,19H,7-8H2,1-6H3/t17?,19-/m1/s1. The predicted molar refractivity (Wildman–Crippen MR) is 106 cm³/mol. The number of hydrogen-bond donors (Lipinski definition) is 0. The molecule has 2 rings (SSSR count). The summed E-state index contributed by atoms with van der Waals surface area (Å²) < 4.78 is 9.98. The van der Waals surface area contributed by atoms with Crippen molar-refractivity contribution in [2.24, 2.45) is 10.9 Å². The molecule has 0 radical (unpaired) electrons. The molecule has 1 unspecified atom stereocenters. The fourth-order valence-corrected chi connectivity index (χ4v) is 3.69. The van der Waals surface area contributed by atoms with Crippen LogP contribution in [0, 0.1) is 5.92 Å². The van der Waals surface area contributed by atoms with E-state index in [1.807, 2.05) is 24.3 Å². The van der Waals surface area contributed by atoms with E-state index >= 15 is 0 Å². The molecule has 1 aliphatic rings. The van der Waals surface area contributed by atoms with Gasteiger partial charge in [-0.2, -0.15) is 0 Å². The average molecular weight is 372 g/mol. The zero-order chi connectivity index (χ0) is 20.1. The highest BCUT2D eigenvalue weighted by molar-refractivity contribution is 6.06. The second-order valence-corrected chi connectivity index (χ2v) is 6.49. The number of anilines is 1. The van der Waals surface area contributed by atoms with Crippen LogP contribution in [0.3, 0.4) is 0 Å². The van der Waals surface area contributed by atoms with Crippen LogP contribution in [0.25, 0.3) is 0 Å². The molecule has 0 N–H and O–H groups in total. The third kappa shape index (κ3) is 4.04. The quantitative estimate of drug-likeness (QED) is 0.717. The maximum absolute atomic E-state index is 12.5. The van der Waals surface area contributed by atoms with E-state index in [1.54, 1.807) is 13.8 Å². The lowest BCUT2D eigenvalue weighted by molar-refractivity contribution is -0.143. The van der Waals surface area contributed by atoms with Crippen LogP contribution in [-0.4, -0.2) is 45.0 Å². The second-order valence-electron chi connectivity index (χ2n) is 6.49. The molecule has 27 heavy (non-hydrogen) atoms. The van der Waals surface area contributed by atoms with Gasteiger partial charge >= 0.3 is 11.9 Å². The molecular weight excluding hydrogens is 344 g/mol. The summed E-state index contributed by atoms with van der Waals surface area (Å²) in [7, 11) is 2.68. The third-order valence-electron chi connectivity index (χ3n) is 5.07. The van der Waals surface area contributed by atoms with Gasteiger partial charge in [0.25, 0.3) is 0 Å². The molecule has 0 aliphatic carbocycles. The van der Waals surface area contributed by atoms with Gasteiger partial charge in [0.05, 0.1) is 19.8 Å². The first-order chi connectivity index (χ1) is 12.9. The van der Waals surface area contributed by atoms with Crippen LogP contribution in [0.15, 0.2) is 40.5 Å². The largest absolute Gasteiger partial charge is 0.468 e. The first-order valence-electron chi connectivity index (χ1n) is 9.16. The van der Waals surface area contributed by atoms with Gasteiger partial charge in [-0.1, -0.05) is 12.1 Å². The Morgan fingerprint density at radius 2 is 1.63 bits per heavy atom. The van der Waals surface area contributed by atoms with Gasteiger partial charge in [0.2, 0.25) is 0 Å². The molecule has 0 aromatic heterocycles. The molecule has 0 fully saturated rings. The maximum Gasteiger partial charge on any atom is 0.336 e. The maximum atomic E-state index is 12.5. The van der Waals surface area contributed by atoms with E-state index in [1.165, 1.54) is 14.2 Å². The van der Waals surface area contributed by atoms with E-state index in [0.717, 1.165) is 24.3 Å². The summed E-state index contributed by atoms with van der Waals surface area (Å²) in [5.74, 6) is -2.04. The molecule has 0 spiro atoms. The Balaban J connectivity index is 2.57. The SMILES string of the molecule is CCN(CC)c1ccc([C@H]2C(C(=O)OC)=C(C)N=C(C)C2C(=O)OC)cc1. The summed E-state index contributed by atoms with van der Waals surface area (Å²) in [5.41, 5.74) is 3.55. The van der Waals surface area contributed by atoms with E-state index < -0.39 is 23.8 Å². The summed E-state index contributed by atoms with van der Waals surface area (Å²) >= 11 is 0. The first kappa shape index (κ1) is 20.7. The van der Waals surface area contributed by atoms with Crippen molar-refractivity contribution < 1.29 is 19.1 Å². The molecule has 1 heterocycles. The van der Waals surface area contributed by atoms with Crippen LogP contribution in [0.2, 0.25) is 0 Å². The van der Waals surface area contributed by atoms with Crippen LogP contribution in [0.4, 0.5) is 5.69 Å². The van der Waals surface area contributed by atoms with E-state index in [-0.39, 0.29) is 0 Å². The van der Waals surface area contributed by atoms with Crippen molar-refractivity contribution in [3.05, 3.63) is 41.1 Å². The van der Waals surface area contributed by atoms with Crippen LogP contribution in [-0.2, 0) is 19.1 Å². The predicted octanol–water partition coefficient (Wildman–Crippen LogP) is 3.33. The van der Waals surface area contributed by atoms with E-state index in [9.17, 15) is 9.59 Å². The Kier molecular flexibility index (Phi) is 6.77. The van der Waals surface area contributed by atoms with Gasteiger partial charge in [0, 0.05) is 36.1 Å². The molecule has 1 aliphatic heterocycles. The van der Waals surface area contributed by atoms with Gasteiger partial charge in [-0.15, -0.1) is 0 Å². The Morgan fingerprint density at radius 3 is 2.11 bits per heavy atom. The number of ether oxygens (including phenoxy) is 2. The summed E-state index contributed by atoms with van der Waals surface area (Å²) in [5, 5.41) is 0. The molecule has 0 saturated heterocycles. The smallest absolute Gasteiger partial charge is 0.336 e. The Hall–Kier alpha value is -2.63. The number of methoxy groups -OCH3 is 2. The Morgan fingerprint density at radius 1 is 1.04 bits per heavy atom. The molecule has 0 bridgehead atoms. The van der Waals surface area contributed by atoms with E-state index in [4.69, 9.17) is 9.47 Å². The van der Waals surface area contributed by atoms with Gasteiger partial charge in [0.1, 0.15) is 5.92 Å². The molecule has 2 atom stereocenters. The number of carbonyl (C=O) groups excluding carboxylic acids is 2. The van der Waals surface area contributed by atoms with Crippen LogP contribution in [0.1, 0.15) is 39.2 Å². The minimum atomic E-state index is -0.660. The minimum Gasteiger partial charge on any atom is -0.468 e. The van der Waals surface area contributed by atoms with Crippen molar-refractivity contribution in [1.82, 2.24) is 0 Å². The topological polar surface area (TPSA) is 68.2 Å². The summed E-state index contributed by atoms with van der Waals surface area (Å²) in [6.07, 6.45) is 0. The molecule has 1 aromatic rings. The average Bonchev–Trinajstić information content (AvgIpc) is 2.68. The monoisotopic (exact) mass is 372 g/mol. The van der Waals surface area contributed by atoms with E-state index in [0.29, 0.717) is 17.0 Å². The molecule has 0 amide bonds. The van der Waals surface area contributed by atoms with E-state index in [2.05, 4.69) is 23.7 Å². The fraction of sp³-hybridized carbons (Fsp3) is 0.476. The van der Waals surface area contributed by atoms with Crippen LogP contribution < -0.4 is 4.90 Å². The third-order valence-corrected chi connectivity index (χ3v) is 5.07. The van der Waals surface area contributed by atoms with Gasteiger partial charge < -0.3 is 14.4 Å². The van der Waals surface area contributed by atoms with Gasteiger partial charge in [-0.05, 0) is 45.4 Å². The number of hydrogen-bond acceptors (Lipinski definition) is 6. The summed E-state index contributed by atoms with van der Waals surface area (Å²) in [6.45, 7) is 9.57. The minimum absolute atomic E-state index is 0.397. The number of benzene rings is 1. The zero-order valence-corrected chi connectivity index (χ0v) is 16.9. The van der Waals surface area contributed by atoms with Gasteiger partial charge in [-0.25, -0.2) is 4.79 Å². The van der Waals surface area contributed by atoms with Crippen molar-refractivity contribution in [2.45, 2.75) is 33.6 Å². The van der Waals surface area contributed by atoms with Crippen molar-refractivity contribution >= 4 is 23.3 Å². The number of esters is 2. The lowest BCUT2D eigenvalue weighted by Gasteiger charge is -2.31. The van der Waals surface area contributed by atoms with Crippen LogP contribution in [0.5, 0.6) is 0 Å². The molecule has 146 valence electrons. The van der Waals surface area contributed by atoms with Crippen molar-refractivity contribution in [1.29, 1.82) is 0 Å². The van der Waals surface area contributed by atoms with Crippen molar-refractivity contribution in [3.63, 3.8) is 0 Å². The molecule has 1 aromatic carbocycles. The Labute approximate surface area is 160 Å². The number of rotatable bonds is 6. The highest BCUT2D eigenvalue weighted by atomic mass is 16.5. The number of aliphatic imine (C=N–C) groups is 1. The lowest BCUT2D eigenvalue weighted by atomic mass is 9.75. The van der Waals surface area contributed by atoms with Crippen molar-refractivity contribution in [3.8, 4) is 0 Å². The Bertz CT molecular complexity index is 761.